The van der Waals surface area contributed by atoms with Crippen molar-refractivity contribution in [1.82, 2.24) is 4.90 Å². The summed E-state index contributed by atoms with van der Waals surface area (Å²) in [6, 6.07) is 14.7. The summed E-state index contributed by atoms with van der Waals surface area (Å²) in [5.74, 6) is 1.37. The number of carbonyl (C=O) groups is 1. The number of ether oxygens (including phenoxy) is 2. The Balaban J connectivity index is 1.22. The molecule has 0 saturated carbocycles. The Hall–Kier alpha value is -2.40. The van der Waals surface area contributed by atoms with Crippen molar-refractivity contribution in [3.05, 3.63) is 65.5 Å². The molecule has 2 aliphatic rings. The summed E-state index contributed by atoms with van der Waals surface area (Å²) in [5, 5.41) is 0. The van der Waals surface area contributed by atoms with Crippen LogP contribution in [0.25, 0.3) is 0 Å². The Bertz CT molecular complexity index is 825. The van der Waals surface area contributed by atoms with Crippen LogP contribution in [0.5, 0.6) is 5.75 Å². The molecule has 4 nitrogen and oxygen atoms in total. The third kappa shape index (κ3) is 5.60. The number of likely N-dealkylation sites (tertiary alicyclic amines) is 1. The lowest BCUT2D eigenvalue weighted by Crippen LogP contribution is -2.43. The highest BCUT2D eigenvalue weighted by Gasteiger charge is 2.29. The highest BCUT2D eigenvalue weighted by molar-refractivity contribution is 5.79. The number of rotatable bonds is 6. The topological polar surface area (TPSA) is 38.8 Å². The Morgan fingerprint density at radius 3 is 2.40 bits per heavy atom. The van der Waals surface area contributed by atoms with E-state index in [1.54, 1.807) is 12.1 Å². The molecule has 2 aliphatic heterocycles. The van der Waals surface area contributed by atoms with Crippen LogP contribution in [0.3, 0.4) is 0 Å². The van der Waals surface area contributed by atoms with Crippen molar-refractivity contribution in [3.63, 3.8) is 0 Å². The molecule has 0 atom stereocenters. The molecule has 0 aromatic heterocycles. The van der Waals surface area contributed by atoms with Crippen LogP contribution in [-0.4, -0.2) is 37.1 Å². The van der Waals surface area contributed by atoms with Crippen LogP contribution in [-0.2, 0) is 22.6 Å². The monoisotopic (exact) mass is 411 g/mol. The van der Waals surface area contributed by atoms with Crippen molar-refractivity contribution in [2.45, 2.75) is 38.7 Å². The molecule has 1 amide bonds. The highest BCUT2D eigenvalue weighted by Crippen LogP contribution is 2.25. The molecule has 2 fully saturated rings. The van der Waals surface area contributed by atoms with Crippen LogP contribution in [0.15, 0.2) is 48.5 Å². The smallest absolute Gasteiger partial charge is 0.225 e. The number of nitrogens with zero attached hydrogens (tertiary/aromatic N) is 1. The maximum Gasteiger partial charge on any atom is 0.225 e. The van der Waals surface area contributed by atoms with E-state index in [0.717, 1.165) is 64.0 Å². The van der Waals surface area contributed by atoms with E-state index in [2.05, 4.69) is 29.2 Å². The van der Waals surface area contributed by atoms with Gasteiger partial charge in [0.05, 0.1) is 0 Å². The second kappa shape index (κ2) is 10.1. The largest absolute Gasteiger partial charge is 0.489 e. The molecule has 0 N–H and O–H groups in total. The quantitative estimate of drug-likeness (QED) is 0.697. The van der Waals surface area contributed by atoms with Gasteiger partial charge < -0.3 is 14.4 Å². The van der Waals surface area contributed by atoms with Gasteiger partial charge in [0, 0.05) is 38.3 Å². The molecule has 0 unspecified atom stereocenters. The zero-order valence-corrected chi connectivity index (χ0v) is 17.4. The molecular formula is C25H30FNO3. The minimum absolute atomic E-state index is 0.164. The van der Waals surface area contributed by atoms with Gasteiger partial charge in [-0.15, -0.1) is 0 Å². The van der Waals surface area contributed by atoms with Crippen LogP contribution in [0.2, 0.25) is 0 Å². The summed E-state index contributed by atoms with van der Waals surface area (Å²) in [6.07, 6.45) is 4.92. The first-order valence-electron chi connectivity index (χ1n) is 11.0. The Morgan fingerprint density at radius 1 is 1.00 bits per heavy atom. The molecule has 30 heavy (non-hydrogen) atoms. The number of amides is 1. The Kier molecular flexibility index (Phi) is 7.00. The summed E-state index contributed by atoms with van der Waals surface area (Å²) in [6.45, 7) is 3.61. The third-order valence-corrected chi connectivity index (χ3v) is 6.25. The summed E-state index contributed by atoms with van der Waals surface area (Å²) < 4.78 is 24.3. The number of hydrogen-bond donors (Lipinski definition) is 0. The van der Waals surface area contributed by atoms with E-state index in [4.69, 9.17) is 9.47 Å². The molecule has 4 rings (SSSR count). The van der Waals surface area contributed by atoms with E-state index in [1.165, 1.54) is 17.7 Å². The molecule has 0 aliphatic carbocycles. The van der Waals surface area contributed by atoms with Crippen LogP contribution in [0, 0.1) is 17.7 Å². The summed E-state index contributed by atoms with van der Waals surface area (Å²) in [7, 11) is 0. The molecule has 0 spiro atoms. The van der Waals surface area contributed by atoms with Crippen LogP contribution < -0.4 is 4.74 Å². The van der Waals surface area contributed by atoms with Gasteiger partial charge in [-0.05, 0) is 61.3 Å². The number of carbonyl (C=O) groups excluding carboxylic acids is 1. The molecule has 2 saturated heterocycles. The molecule has 160 valence electrons. The summed E-state index contributed by atoms with van der Waals surface area (Å²) in [5.41, 5.74) is 2.39. The summed E-state index contributed by atoms with van der Waals surface area (Å²) in [4.78, 5) is 14.7. The van der Waals surface area contributed by atoms with Gasteiger partial charge >= 0.3 is 0 Å². The Morgan fingerprint density at radius 2 is 1.70 bits per heavy atom. The molecular weight excluding hydrogens is 381 g/mol. The van der Waals surface area contributed by atoms with Crippen molar-refractivity contribution in [1.29, 1.82) is 0 Å². The van der Waals surface area contributed by atoms with Crippen molar-refractivity contribution < 1.29 is 18.7 Å². The fourth-order valence-electron chi connectivity index (χ4n) is 4.39. The van der Waals surface area contributed by atoms with Gasteiger partial charge in [-0.1, -0.05) is 30.3 Å². The third-order valence-electron chi connectivity index (χ3n) is 6.25. The maximum absolute atomic E-state index is 13.2. The maximum atomic E-state index is 13.2. The minimum Gasteiger partial charge on any atom is -0.489 e. The van der Waals surface area contributed by atoms with Crippen LogP contribution in [0.4, 0.5) is 4.39 Å². The second-order valence-corrected chi connectivity index (χ2v) is 8.42. The average molecular weight is 412 g/mol. The zero-order chi connectivity index (χ0) is 20.8. The second-order valence-electron chi connectivity index (χ2n) is 8.42. The van der Waals surface area contributed by atoms with Gasteiger partial charge in [-0.25, -0.2) is 4.39 Å². The molecule has 2 aromatic carbocycles. The van der Waals surface area contributed by atoms with E-state index < -0.39 is 0 Å². The number of hydrogen-bond acceptors (Lipinski definition) is 3. The Labute approximate surface area is 178 Å². The predicted octanol–water partition coefficient (Wildman–Crippen LogP) is 4.61. The molecule has 0 bridgehead atoms. The van der Waals surface area contributed by atoms with E-state index in [-0.39, 0.29) is 11.7 Å². The van der Waals surface area contributed by atoms with E-state index >= 15 is 0 Å². The minimum atomic E-state index is -0.289. The van der Waals surface area contributed by atoms with Gasteiger partial charge in [-0.2, -0.15) is 0 Å². The lowest BCUT2D eigenvalue weighted by Gasteiger charge is -2.35. The molecule has 2 heterocycles. The lowest BCUT2D eigenvalue weighted by molar-refractivity contribution is -0.139. The van der Waals surface area contributed by atoms with E-state index in [1.807, 2.05) is 0 Å². The fraction of sp³-hybridized carbons (Fsp3) is 0.480. The van der Waals surface area contributed by atoms with Crippen LogP contribution >= 0.6 is 0 Å². The van der Waals surface area contributed by atoms with E-state index in [0.29, 0.717) is 24.2 Å². The number of piperidine rings is 1. The van der Waals surface area contributed by atoms with Gasteiger partial charge in [0.25, 0.3) is 0 Å². The fourth-order valence-corrected chi connectivity index (χ4v) is 4.39. The normalized spacial score (nSPS) is 18.4. The summed E-state index contributed by atoms with van der Waals surface area (Å²) >= 11 is 0. The zero-order valence-electron chi connectivity index (χ0n) is 17.4. The lowest BCUT2D eigenvalue weighted by atomic mass is 9.89. The van der Waals surface area contributed by atoms with Gasteiger partial charge in [-0.3, -0.25) is 4.79 Å². The van der Waals surface area contributed by atoms with Crippen molar-refractivity contribution in [2.75, 3.05) is 26.3 Å². The first-order chi connectivity index (χ1) is 14.7. The first kappa shape index (κ1) is 20.9. The van der Waals surface area contributed by atoms with E-state index in [9.17, 15) is 9.18 Å². The van der Waals surface area contributed by atoms with Gasteiger partial charge in [0.15, 0.2) is 0 Å². The predicted molar refractivity (Wildman–Crippen MR) is 114 cm³/mol. The standard InChI is InChI=1S/C25H30FNO3/c26-23-2-1-3-24(17-23)30-18-21-6-4-19(5-7-21)16-20-8-12-27(13-9-20)25(28)22-10-14-29-15-11-22/h1-7,17,20,22H,8-16,18H2. The molecule has 2 aromatic rings. The van der Waals surface area contributed by atoms with Crippen molar-refractivity contribution in [3.8, 4) is 5.75 Å². The number of benzene rings is 2. The molecule has 5 heteroatoms. The van der Waals surface area contributed by atoms with Crippen molar-refractivity contribution >= 4 is 5.91 Å². The average Bonchev–Trinajstić information content (AvgIpc) is 2.79. The van der Waals surface area contributed by atoms with Gasteiger partial charge in [0.1, 0.15) is 18.2 Å². The SMILES string of the molecule is O=C(C1CCOCC1)N1CCC(Cc2ccc(COc3cccc(F)c3)cc2)CC1. The number of halogens is 1. The first-order valence-corrected chi connectivity index (χ1v) is 11.0. The van der Waals surface area contributed by atoms with Crippen molar-refractivity contribution in [2.24, 2.45) is 11.8 Å². The van der Waals surface area contributed by atoms with Crippen LogP contribution in [0.1, 0.15) is 36.8 Å². The highest BCUT2D eigenvalue weighted by atomic mass is 19.1. The van der Waals surface area contributed by atoms with Gasteiger partial charge in [0.2, 0.25) is 5.91 Å². The molecule has 0 radical (unpaired) electrons.